The Labute approximate surface area is 77.7 Å². The van der Waals surface area contributed by atoms with E-state index in [9.17, 15) is 13.2 Å². The van der Waals surface area contributed by atoms with Gasteiger partial charge in [0.25, 0.3) is 0 Å². The van der Waals surface area contributed by atoms with Gasteiger partial charge in [-0.05, 0) is 5.92 Å². The summed E-state index contributed by atoms with van der Waals surface area (Å²) in [4.78, 5) is 10.9. The molecular formula is C7H13NO4S. The van der Waals surface area contributed by atoms with Crippen LogP contribution in [0, 0.1) is 5.92 Å². The number of ether oxygens (including phenoxy) is 1. The molecule has 0 radical (unpaired) electrons. The van der Waals surface area contributed by atoms with Gasteiger partial charge in [-0.3, -0.25) is 0 Å². The zero-order valence-corrected chi connectivity index (χ0v) is 8.50. The van der Waals surface area contributed by atoms with Crippen LogP contribution in [0.4, 0.5) is 4.79 Å². The van der Waals surface area contributed by atoms with Crippen molar-refractivity contribution in [2.24, 2.45) is 5.92 Å². The highest BCUT2D eigenvalue weighted by molar-refractivity contribution is 7.89. The Morgan fingerprint density at radius 2 is 2.15 bits per heavy atom. The fourth-order valence-corrected chi connectivity index (χ4v) is 2.80. The number of hydrogen-bond acceptors (Lipinski definition) is 4. The zero-order chi connectivity index (χ0) is 10.1. The highest BCUT2D eigenvalue weighted by Gasteiger charge is 2.33. The largest absolute Gasteiger partial charge is 0.447 e. The zero-order valence-electron chi connectivity index (χ0n) is 7.69. The van der Waals surface area contributed by atoms with Gasteiger partial charge in [-0.15, -0.1) is 0 Å². The summed E-state index contributed by atoms with van der Waals surface area (Å²) in [5, 5.41) is 0. The lowest BCUT2D eigenvalue weighted by molar-refractivity contribution is 0.170. The van der Waals surface area contributed by atoms with Crippen molar-refractivity contribution in [1.29, 1.82) is 0 Å². The molecule has 6 heteroatoms. The second kappa shape index (κ2) is 3.53. The number of hydrogen-bond donors (Lipinski definition) is 0. The first-order chi connectivity index (χ1) is 5.93. The average molecular weight is 207 g/mol. The van der Waals surface area contributed by atoms with E-state index in [0.29, 0.717) is 0 Å². The molecule has 0 aromatic carbocycles. The SMILES string of the molecule is CC(C)CS(=O)(=O)N1CCOC1=O. The van der Waals surface area contributed by atoms with Crippen molar-refractivity contribution in [3.8, 4) is 0 Å². The number of nitrogens with zero attached hydrogens (tertiary/aromatic N) is 1. The van der Waals surface area contributed by atoms with E-state index in [-0.39, 0.29) is 24.8 Å². The third kappa shape index (κ3) is 2.33. The van der Waals surface area contributed by atoms with Gasteiger partial charge in [0, 0.05) is 0 Å². The van der Waals surface area contributed by atoms with Crippen LogP contribution in [-0.4, -0.2) is 37.7 Å². The lowest BCUT2D eigenvalue weighted by Crippen LogP contribution is -2.35. The molecule has 0 aromatic heterocycles. The predicted molar refractivity (Wildman–Crippen MR) is 46.7 cm³/mol. The molecule has 0 unspecified atom stereocenters. The van der Waals surface area contributed by atoms with E-state index in [1.54, 1.807) is 13.8 Å². The van der Waals surface area contributed by atoms with Crippen molar-refractivity contribution in [2.45, 2.75) is 13.8 Å². The van der Waals surface area contributed by atoms with Crippen LogP contribution in [0.25, 0.3) is 0 Å². The standard InChI is InChI=1S/C7H13NO4S/c1-6(2)5-13(10,11)8-3-4-12-7(8)9/h6H,3-5H2,1-2H3. The third-order valence-electron chi connectivity index (χ3n) is 1.60. The van der Waals surface area contributed by atoms with Crippen LogP contribution in [0.15, 0.2) is 0 Å². The van der Waals surface area contributed by atoms with Crippen LogP contribution < -0.4 is 0 Å². The van der Waals surface area contributed by atoms with Crippen molar-refractivity contribution < 1.29 is 17.9 Å². The monoisotopic (exact) mass is 207 g/mol. The predicted octanol–water partition coefficient (Wildman–Crippen LogP) is 0.424. The molecule has 1 aliphatic rings. The Hall–Kier alpha value is -0.780. The first kappa shape index (κ1) is 10.3. The van der Waals surface area contributed by atoms with Crippen LogP contribution in [-0.2, 0) is 14.8 Å². The number of amides is 1. The fraction of sp³-hybridized carbons (Fsp3) is 0.857. The summed E-state index contributed by atoms with van der Waals surface area (Å²) in [6, 6.07) is 0. The topological polar surface area (TPSA) is 63.7 Å². The first-order valence-electron chi connectivity index (χ1n) is 4.10. The summed E-state index contributed by atoms with van der Waals surface area (Å²) in [5.41, 5.74) is 0. The van der Waals surface area contributed by atoms with Gasteiger partial charge in [0.15, 0.2) is 0 Å². The summed E-state index contributed by atoms with van der Waals surface area (Å²) in [5.74, 6) is 0.000602. The maximum atomic E-state index is 11.5. The summed E-state index contributed by atoms with van der Waals surface area (Å²) >= 11 is 0. The number of cyclic esters (lactones) is 1. The molecule has 0 atom stereocenters. The van der Waals surface area contributed by atoms with Crippen molar-refractivity contribution in [3.63, 3.8) is 0 Å². The Kier molecular flexibility index (Phi) is 2.80. The van der Waals surface area contributed by atoms with Crippen molar-refractivity contribution >= 4 is 16.1 Å². The Balaban J connectivity index is 2.75. The first-order valence-corrected chi connectivity index (χ1v) is 5.71. The minimum Gasteiger partial charge on any atom is -0.447 e. The van der Waals surface area contributed by atoms with Crippen LogP contribution in [0.1, 0.15) is 13.8 Å². The molecule has 1 saturated heterocycles. The Morgan fingerprint density at radius 3 is 2.54 bits per heavy atom. The Bertz CT molecular complexity index is 296. The van der Waals surface area contributed by atoms with Gasteiger partial charge in [-0.1, -0.05) is 13.8 Å². The van der Waals surface area contributed by atoms with Gasteiger partial charge in [0.2, 0.25) is 10.0 Å². The molecule has 13 heavy (non-hydrogen) atoms. The van der Waals surface area contributed by atoms with Gasteiger partial charge in [-0.2, -0.15) is 0 Å². The molecule has 0 saturated carbocycles. The molecule has 1 aliphatic heterocycles. The van der Waals surface area contributed by atoms with Crippen LogP contribution in [0.5, 0.6) is 0 Å². The number of sulfonamides is 1. The fourth-order valence-electron chi connectivity index (χ4n) is 1.14. The molecule has 1 fully saturated rings. The highest BCUT2D eigenvalue weighted by atomic mass is 32.2. The van der Waals surface area contributed by atoms with Crippen LogP contribution in [0.3, 0.4) is 0 Å². The van der Waals surface area contributed by atoms with E-state index in [1.807, 2.05) is 0 Å². The molecule has 0 bridgehead atoms. The number of carbonyl (C=O) groups excluding carboxylic acids is 1. The van der Waals surface area contributed by atoms with E-state index >= 15 is 0 Å². The molecule has 0 aromatic rings. The number of carbonyl (C=O) groups is 1. The minimum absolute atomic E-state index is 0.0118. The van der Waals surface area contributed by atoms with Gasteiger partial charge in [-0.25, -0.2) is 17.5 Å². The molecule has 5 nitrogen and oxygen atoms in total. The van der Waals surface area contributed by atoms with E-state index in [4.69, 9.17) is 0 Å². The van der Waals surface area contributed by atoms with E-state index in [1.165, 1.54) is 0 Å². The van der Waals surface area contributed by atoms with E-state index < -0.39 is 16.1 Å². The normalized spacial score (nSPS) is 18.1. The summed E-state index contributed by atoms with van der Waals surface area (Å²) < 4.78 is 28.3. The van der Waals surface area contributed by atoms with Crippen LogP contribution in [0.2, 0.25) is 0 Å². The van der Waals surface area contributed by atoms with Gasteiger partial charge < -0.3 is 4.74 Å². The lowest BCUT2D eigenvalue weighted by atomic mass is 10.3. The van der Waals surface area contributed by atoms with Crippen molar-refractivity contribution in [2.75, 3.05) is 18.9 Å². The molecule has 1 amide bonds. The maximum Gasteiger partial charge on any atom is 0.423 e. The molecule has 1 rings (SSSR count). The van der Waals surface area contributed by atoms with Gasteiger partial charge in [0.05, 0.1) is 12.3 Å². The van der Waals surface area contributed by atoms with E-state index in [2.05, 4.69) is 4.74 Å². The lowest BCUT2D eigenvalue weighted by Gasteiger charge is -2.14. The van der Waals surface area contributed by atoms with Crippen molar-refractivity contribution in [3.05, 3.63) is 0 Å². The smallest absolute Gasteiger partial charge is 0.423 e. The second-order valence-electron chi connectivity index (χ2n) is 3.36. The maximum absolute atomic E-state index is 11.5. The molecule has 0 aliphatic carbocycles. The molecule has 1 heterocycles. The quantitative estimate of drug-likeness (QED) is 0.673. The number of rotatable bonds is 3. The second-order valence-corrected chi connectivity index (χ2v) is 5.30. The average Bonchev–Trinajstić information content (AvgIpc) is 2.32. The molecule has 0 N–H and O–H groups in total. The van der Waals surface area contributed by atoms with Gasteiger partial charge in [0.1, 0.15) is 6.61 Å². The van der Waals surface area contributed by atoms with Crippen LogP contribution >= 0.6 is 0 Å². The summed E-state index contributed by atoms with van der Waals surface area (Å²) in [6.45, 7) is 3.89. The third-order valence-corrected chi connectivity index (χ3v) is 3.69. The summed E-state index contributed by atoms with van der Waals surface area (Å²) in [6.07, 6.45) is -0.749. The highest BCUT2D eigenvalue weighted by Crippen LogP contribution is 2.12. The molecule has 76 valence electrons. The summed E-state index contributed by atoms with van der Waals surface area (Å²) in [7, 11) is -3.45. The van der Waals surface area contributed by atoms with Gasteiger partial charge >= 0.3 is 6.09 Å². The minimum atomic E-state index is -3.45. The van der Waals surface area contributed by atoms with E-state index in [0.717, 1.165) is 4.31 Å². The molecular weight excluding hydrogens is 194 g/mol. The molecule has 0 spiro atoms. The van der Waals surface area contributed by atoms with Crippen molar-refractivity contribution in [1.82, 2.24) is 4.31 Å². The Morgan fingerprint density at radius 1 is 1.54 bits per heavy atom.